The number of pyridine rings is 2. The quantitative estimate of drug-likeness (QED) is 0.242. The first-order valence-corrected chi connectivity index (χ1v) is 16.1. The smallest absolute Gasteiger partial charge is 0.387 e. The Morgan fingerprint density at radius 1 is 0.714 bits per heavy atom. The van der Waals surface area contributed by atoms with Crippen molar-refractivity contribution in [2.24, 2.45) is 9.98 Å². The third-order valence-corrected chi connectivity index (χ3v) is 10.7. The van der Waals surface area contributed by atoms with Gasteiger partial charge < -0.3 is 14.9 Å². The molecule has 0 fully saturated rings. The lowest BCUT2D eigenvalue weighted by molar-refractivity contribution is -0.115. The SMILES string of the molecule is Cc1cc(C(F)F)nc2c1C1=NC(=O)C(C(C3=C(O)C4Sc5nc(C(F)F)cc(C)c5C4=NC3=O)c3ccc(OC(F)F)cc3)=C(O)C1S2. The lowest BCUT2D eigenvalue weighted by atomic mass is 9.79. The van der Waals surface area contributed by atoms with E-state index in [9.17, 15) is 46.1 Å². The van der Waals surface area contributed by atoms with Crippen molar-refractivity contribution in [3.63, 3.8) is 0 Å². The molecule has 252 valence electrons. The number of halogens is 6. The van der Waals surface area contributed by atoms with E-state index in [4.69, 9.17) is 0 Å². The highest BCUT2D eigenvalue weighted by atomic mass is 32.2. The van der Waals surface area contributed by atoms with Crippen molar-refractivity contribution in [3.8, 4) is 5.75 Å². The second-order valence-electron chi connectivity index (χ2n) is 11.3. The van der Waals surface area contributed by atoms with Gasteiger partial charge in [0.2, 0.25) is 0 Å². The zero-order chi connectivity index (χ0) is 35.0. The Balaban J connectivity index is 1.37. The summed E-state index contributed by atoms with van der Waals surface area (Å²) in [6.07, 6.45) is -5.79. The van der Waals surface area contributed by atoms with Crippen LogP contribution in [0.4, 0.5) is 26.3 Å². The second-order valence-corrected chi connectivity index (χ2v) is 13.5. The second kappa shape index (κ2) is 12.0. The summed E-state index contributed by atoms with van der Waals surface area (Å²) in [7, 11) is 0. The van der Waals surface area contributed by atoms with E-state index in [-0.39, 0.29) is 32.8 Å². The monoisotopic (exact) mass is 718 g/mol. The number of dihydropyridines is 2. The van der Waals surface area contributed by atoms with Crippen molar-refractivity contribution in [1.29, 1.82) is 0 Å². The molecule has 0 saturated heterocycles. The number of amides is 2. The molecule has 2 unspecified atom stereocenters. The van der Waals surface area contributed by atoms with Gasteiger partial charge in [0.25, 0.3) is 24.7 Å². The number of hydrogen-bond donors (Lipinski definition) is 2. The number of aliphatic hydroxyl groups excluding tert-OH is 2. The van der Waals surface area contributed by atoms with Crippen molar-refractivity contribution >= 4 is 46.8 Å². The molecule has 0 spiro atoms. The number of rotatable bonds is 7. The van der Waals surface area contributed by atoms with Gasteiger partial charge in [-0.2, -0.15) is 8.78 Å². The molecule has 4 aliphatic heterocycles. The van der Waals surface area contributed by atoms with Crippen LogP contribution in [0.5, 0.6) is 5.75 Å². The lowest BCUT2D eigenvalue weighted by Crippen LogP contribution is -2.33. The van der Waals surface area contributed by atoms with Crippen LogP contribution >= 0.6 is 23.5 Å². The molecule has 2 atom stereocenters. The molecular weight excluding hydrogens is 698 g/mol. The zero-order valence-electron chi connectivity index (χ0n) is 24.9. The average Bonchev–Trinajstić information content (AvgIpc) is 3.59. The third-order valence-electron chi connectivity index (χ3n) is 8.29. The van der Waals surface area contributed by atoms with Crippen LogP contribution in [0.2, 0.25) is 0 Å². The number of hydrogen-bond acceptors (Lipinski definition) is 9. The standard InChI is InChI=1S/C32H20F6N4O5S2/c1-9-7-13(26(33)34)39-30-15(9)20-24(48-30)22(43)18(28(45)41-20)17(11-3-5-12(6-4-11)47-32(37)38)19-23(44)25-21(42-29(19)46)16-10(2)8-14(27(35)36)40-31(16)49-25/h3-8,17,24-27,32,43-44H,1-2H3. The minimum atomic E-state index is -3.16. The predicted molar refractivity (Wildman–Crippen MR) is 165 cm³/mol. The molecule has 6 heterocycles. The molecule has 2 amide bonds. The van der Waals surface area contributed by atoms with Crippen LogP contribution in [0, 0.1) is 13.8 Å². The van der Waals surface area contributed by atoms with E-state index >= 15 is 0 Å². The number of carbonyl (C=O) groups excluding carboxylic acids is 2. The van der Waals surface area contributed by atoms with Gasteiger partial charge in [-0.25, -0.2) is 37.5 Å². The molecule has 9 nitrogen and oxygen atoms in total. The fourth-order valence-electron chi connectivity index (χ4n) is 6.25. The van der Waals surface area contributed by atoms with Crippen molar-refractivity contribution in [2.45, 2.75) is 59.8 Å². The highest BCUT2D eigenvalue weighted by molar-refractivity contribution is 8.01. The van der Waals surface area contributed by atoms with E-state index in [1.165, 1.54) is 26.0 Å². The van der Waals surface area contributed by atoms with Crippen LogP contribution in [0.25, 0.3) is 0 Å². The molecule has 2 N–H and O–H groups in total. The van der Waals surface area contributed by atoms with Gasteiger partial charge in [0.05, 0.1) is 28.5 Å². The third kappa shape index (κ3) is 5.39. The Bertz CT molecular complexity index is 1980. The van der Waals surface area contributed by atoms with Gasteiger partial charge in [-0.1, -0.05) is 35.7 Å². The fraction of sp³-hybridized carbons (Fsp3) is 0.250. The molecule has 17 heteroatoms. The topological polar surface area (TPSA) is 134 Å². The molecule has 0 aliphatic carbocycles. The van der Waals surface area contributed by atoms with Gasteiger partial charge in [0, 0.05) is 11.1 Å². The number of aliphatic imine (C=N–C) groups is 2. The molecular formula is C32H20F6N4O5S2. The van der Waals surface area contributed by atoms with Crippen LogP contribution in [0.3, 0.4) is 0 Å². The summed E-state index contributed by atoms with van der Waals surface area (Å²) in [6, 6.07) is 7.06. The summed E-state index contributed by atoms with van der Waals surface area (Å²) in [5.41, 5.74) is -0.522. The van der Waals surface area contributed by atoms with Crippen LogP contribution in [0.1, 0.15) is 58.0 Å². The molecule has 0 radical (unpaired) electrons. The highest BCUT2D eigenvalue weighted by Gasteiger charge is 2.48. The van der Waals surface area contributed by atoms with Gasteiger partial charge in [0.15, 0.2) is 0 Å². The molecule has 4 aliphatic rings. The van der Waals surface area contributed by atoms with E-state index in [0.717, 1.165) is 47.8 Å². The predicted octanol–water partition coefficient (Wildman–Crippen LogP) is 7.29. The van der Waals surface area contributed by atoms with E-state index < -0.39 is 81.7 Å². The molecule has 7 rings (SSSR count). The largest absolute Gasteiger partial charge is 0.510 e. The number of thioether (sulfide) groups is 2. The maximum Gasteiger partial charge on any atom is 0.387 e. The lowest BCUT2D eigenvalue weighted by Gasteiger charge is -2.29. The summed E-state index contributed by atoms with van der Waals surface area (Å²) < 4.78 is 84.4. The molecule has 3 aromatic rings. The molecule has 0 bridgehead atoms. The molecule has 0 saturated carbocycles. The first-order valence-electron chi connectivity index (χ1n) is 14.3. The summed E-state index contributed by atoms with van der Waals surface area (Å²) in [4.78, 5) is 44.1. The van der Waals surface area contributed by atoms with Gasteiger partial charge in [-0.05, 0) is 54.8 Å². The number of aromatic nitrogens is 2. The zero-order valence-corrected chi connectivity index (χ0v) is 26.6. The van der Waals surface area contributed by atoms with Gasteiger partial charge in [0.1, 0.15) is 49.2 Å². The Hall–Kier alpha value is -4.64. The van der Waals surface area contributed by atoms with Crippen LogP contribution in [-0.2, 0) is 9.59 Å². The number of alkyl halides is 6. The van der Waals surface area contributed by atoms with Crippen LogP contribution in [0.15, 0.2) is 79.1 Å². The van der Waals surface area contributed by atoms with E-state index in [0.29, 0.717) is 22.3 Å². The number of aryl methyl sites for hydroxylation is 2. The average molecular weight is 719 g/mol. The number of aliphatic hydroxyl groups is 2. The number of ether oxygens (including phenoxy) is 1. The fourth-order valence-corrected chi connectivity index (χ4v) is 8.82. The van der Waals surface area contributed by atoms with Gasteiger partial charge in [-0.3, -0.25) is 9.59 Å². The number of benzene rings is 1. The van der Waals surface area contributed by atoms with Crippen molar-refractivity contribution in [1.82, 2.24) is 9.97 Å². The van der Waals surface area contributed by atoms with E-state index in [2.05, 4.69) is 24.7 Å². The Morgan fingerprint density at radius 2 is 1.14 bits per heavy atom. The highest BCUT2D eigenvalue weighted by Crippen LogP contribution is 2.50. The minimum absolute atomic E-state index is 0.0585. The maximum absolute atomic E-state index is 13.9. The Kier molecular flexibility index (Phi) is 8.09. The summed E-state index contributed by atoms with van der Waals surface area (Å²) in [6.45, 7) is -0.100. The summed E-state index contributed by atoms with van der Waals surface area (Å²) in [5, 5.41) is 21.4. The Morgan fingerprint density at radius 3 is 1.53 bits per heavy atom. The number of carbonyl (C=O) groups is 2. The first kappa shape index (κ1) is 32.9. The summed E-state index contributed by atoms with van der Waals surface area (Å²) in [5.74, 6) is -5.11. The van der Waals surface area contributed by atoms with Crippen molar-refractivity contribution < 1.29 is 50.9 Å². The van der Waals surface area contributed by atoms with Crippen molar-refractivity contribution in [3.05, 3.63) is 98.3 Å². The maximum atomic E-state index is 13.9. The van der Waals surface area contributed by atoms with Crippen molar-refractivity contribution in [2.75, 3.05) is 0 Å². The first-order chi connectivity index (χ1) is 23.2. The number of fused-ring (bicyclic) bond motifs is 6. The van der Waals surface area contributed by atoms with E-state index in [1.54, 1.807) is 0 Å². The van der Waals surface area contributed by atoms with Gasteiger partial charge >= 0.3 is 6.61 Å². The van der Waals surface area contributed by atoms with E-state index in [1.807, 2.05) is 0 Å². The Labute approximate surface area is 280 Å². The summed E-state index contributed by atoms with van der Waals surface area (Å²) >= 11 is 1.72. The van der Waals surface area contributed by atoms with Crippen LogP contribution < -0.4 is 4.74 Å². The molecule has 2 aromatic heterocycles. The van der Waals surface area contributed by atoms with Crippen LogP contribution in [-0.4, -0.2) is 60.5 Å². The molecule has 49 heavy (non-hydrogen) atoms. The molecule has 1 aromatic carbocycles. The van der Waals surface area contributed by atoms with Gasteiger partial charge in [-0.15, -0.1) is 0 Å². The minimum Gasteiger partial charge on any atom is -0.510 e. The number of nitrogens with zero attached hydrogens (tertiary/aromatic N) is 4. The normalized spacial score (nSPS) is 20.5.